The van der Waals surface area contributed by atoms with Crippen LogP contribution >= 0.6 is 59.3 Å². The first-order chi connectivity index (χ1) is 9.86. The lowest BCUT2D eigenvalue weighted by Crippen LogP contribution is -3.00. The van der Waals surface area contributed by atoms with Gasteiger partial charge in [0.1, 0.15) is 11.0 Å². The van der Waals surface area contributed by atoms with Gasteiger partial charge >= 0.3 is 6.18 Å². The average molecular weight is 692 g/mol. The lowest BCUT2D eigenvalue weighted by Gasteiger charge is -2.11. The third kappa shape index (κ3) is 4.90. The molecule has 0 radical (unpaired) electrons. The molecule has 9 heteroatoms. The van der Waals surface area contributed by atoms with Gasteiger partial charge < -0.3 is 28.9 Å². The Morgan fingerprint density at radius 3 is 2.25 bits per heavy atom. The van der Waals surface area contributed by atoms with Gasteiger partial charge in [0, 0.05) is 31.9 Å². The first-order valence-electron chi connectivity index (χ1n) is 6.27. The van der Waals surface area contributed by atoms with Gasteiger partial charge in [0.25, 0.3) is 9.40 Å². The lowest BCUT2D eigenvalue weighted by atomic mass is 10.2. The molecule has 0 aliphatic rings. The number of anilines is 1. The van der Waals surface area contributed by atoms with E-state index in [4.69, 9.17) is 0 Å². The molecule has 1 aromatic heterocycles. The van der Waals surface area contributed by atoms with Gasteiger partial charge in [-0.25, -0.2) is 4.98 Å². The highest BCUT2D eigenvalue weighted by atomic mass is 127. The summed E-state index contributed by atoms with van der Waals surface area (Å²) < 4.78 is 40.5. The van der Waals surface area contributed by atoms with Crippen LogP contribution in [0, 0.1) is 0 Å². The zero-order valence-electron chi connectivity index (χ0n) is 12.6. The molecule has 0 saturated heterocycles. The molecule has 0 amide bonds. The molecule has 24 heavy (non-hydrogen) atoms. The second-order valence-electron chi connectivity index (χ2n) is 4.91. The van der Waals surface area contributed by atoms with Gasteiger partial charge in [-0.3, -0.25) is 0 Å². The first kappa shape index (κ1) is 24.2. The molecular weight excluding hydrogens is 678 g/mol. The molecule has 0 fully saturated rings. The molecule has 0 N–H and O–H groups in total. The minimum Gasteiger partial charge on any atom is -1.00 e. The Kier molecular flexibility index (Phi) is 9.35. The Labute approximate surface area is 192 Å². The second kappa shape index (κ2) is 9.26. The zero-order chi connectivity index (χ0) is 15.2. The summed E-state index contributed by atoms with van der Waals surface area (Å²) in [6.07, 6.45) is -4.39. The number of aromatic nitrogens is 1. The summed E-state index contributed by atoms with van der Waals surface area (Å²) in [6, 6.07) is 9.71. The van der Waals surface area contributed by atoms with Crippen molar-refractivity contribution in [2.45, 2.75) is 6.18 Å². The molecule has 2 nitrogen and oxygen atoms in total. The van der Waals surface area contributed by atoms with Crippen molar-refractivity contribution in [3.8, 4) is 0 Å². The quantitative estimate of drug-likeness (QED) is 0.222. The summed E-state index contributed by atoms with van der Waals surface area (Å²) in [6.45, 7) is 0. The van der Waals surface area contributed by atoms with Crippen LogP contribution in [0.5, 0.6) is 0 Å². The maximum absolute atomic E-state index is 13.0. The van der Waals surface area contributed by atoms with Crippen LogP contribution in [0.15, 0.2) is 36.4 Å². The van der Waals surface area contributed by atoms with Crippen molar-refractivity contribution in [3.63, 3.8) is 0 Å². The van der Waals surface area contributed by atoms with Crippen molar-refractivity contribution in [3.05, 3.63) is 42.0 Å². The van der Waals surface area contributed by atoms with Crippen molar-refractivity contribution in [1.29, 1.82) is 0 Å². The highest BCUT2D eigenvalue weighted by Crippen LogP contribution is 2.37. The molecule has 0 bridgehead atoms. The molecule has 0 atom stereocenters. The molecule has 0 aliphatic carbocycles. The molecule has 3 rings (SSSR count). The molecule has 132 valence electrons. The van der Waals surface area contributed by atoms with E-state index in [-0.39, 0.29) is 77.4 Å². The van der Waals surface area contributed by atoms with Crippen LogP contribution in [0.25, 0.3) is 20.4 Å². The Balaban J connectivity index is 0.00000176. The topological polar surface area (TPSA) is 16.1 Å². The molecule has 0 saturated carbocycles. The van der Waals surface area contributed by atoms with Crippen molar-refractivity contribution in [2.24, 2.45) is 0 Å². The summed E-state index contributed by atoms with van der Waals surface area (Å²) in [5.41, 5.74) is 0.900. The van der Waals surface area contributed by atoms with Gasteiger partial charge in [0.05, 0.1) is 5.56 Å². The number of nitrogens with zero attached hydrogens (tertiary/aromatic N) is 2. The summed E-state index contributed by atoms with van der Waals surface area (Å²) in [5.74, 6) is 0. The minimum absolute atomic E-state index is 0. The predicted octanol–water partition coefficient (Wildman–Crippen LogP) is 3.06. The highest BCUT2D eigenvalue weighted by molar-refractivity contribution is 14.0. The fourth-order valence-electron chi connectivity index (χ4n) is 2.14. The highest BCUT2D eigenvalue weighted by Gasteiger charge is 2.35. The van der Waals surface area contributed by atoms with Crippen molar-refractivity contribution in [1.82, 2.24) is 4.98 Å². The monoisotopic (exact) mass is 692 g/mol. The van der Waals surface area contributed by atoms with Crippen LogP contribution in [0.4, 0.5) is 18.9 Å². The Morgan fingerprint density at radius 1 is 1.00 bits per heavy atom. The van der Waals surface area contributed by atoms with Gasteiger partial charge in [-0.15, -0.1) is 48.0 Å². The van der Waals surface area contributed by atoms with Crippen LogP contribution < -0.4 is 28.9 Å². The standard InChI is InChI=1S/C15H12F3N2S.3HI/c1-20(2)9-6-7-11-13(8-9)21-12-5-3-4-10(14(12)19-11)15(16,17)18;;;/h3-8H,1-2H3;3*1H/q+1;;;/p-1. The number of hydrogen-bond acceptors (Lipinski definition) is 2. The number of halogens is 6. The van der Waals surface area contributed by atoms with Gasteiger partial charge in [-0.2, -0.15) is 13.2 Å². The Bertz CT molecular complexity index is 841. The Morgan fingerprint density at radius 2 is 1.67 bits per heavy atom. The van der Waals surface area contributed by atoms with Gasteiger partial charge in [0.2, 0.25) is 11.3 Å². The summed E-state index contributed by atoms with van der Waals surface area (Å²) in [7, 11) is 3.84. The zero-order valence-corrected chi connectivity index (χ0v) is 20.2. The van der Waals surface area contributed by atoms with Crippen molar-refractivity contribution >= 4 is 85.4 Å². The lowest BCUT2D eigenvalue weighted by molar-refractivity contribution is -0.136. The SMILES string of the molecule is CN(C)c1ccc2nc3c(C(F)(F)F)cccc3[s+]c2c1.I.I.[I-]. The molecule has 0 spiro atoms. The normalized spacial score (nSPS) is 10.5. The van der Waals surface area contributed by atoms with E-state index in [1.54, 1.807) is 12.1 Å². The molecule has 1 heterocycles. The Hall–Kier alpha value is 0.240. The van der Waals surface area contributed by atoms with Crippen LogP contribution in [0.3, 0.4) is 0 Å². The number of para-hydroxylation sites is 1. The van der Waals surface area contributed by atoms with E-state index in [1.807, 2.05) is 31.1 Å². The van der Waals surface area contributed by atoms with Crippen LogP contribution in [-0.2, 0) is 6.18 Å². The largest absolute Gasteiger partial charge is 1.00 e. The molecule has 0 aliphatic heterocycles. The van der Waals surface area contributed by atoms with Crippen molar-refractivity contribution in [2.75, 3.05) is 19.0 Å². The second-order valence-corrected chi connectivity index (χ2v) is 5.99. The summed E-state index contributed by atoms with van der Waals surface area (Å²) >= 11 is 1.32. The summed E-state index contributed by atoms with van der Waals surface area (Å²) in [4.78, 5) is 6.16. The summed E-state index contributed by atoms with van der Waals surface area (Å²) in [5, 5.41) is 0. The first-order valence-corrected chi connectivity index (χ1v) is 7.09. The number of alkyl halides is 3. The van der Waals surface area contributed by atoms with Gasteiger partial charge in [0.15, 0.2) is 0 Å². The minimum atomic E-state index is -4.39. The maximum atomic E-state index is 13.0. The number of benzene rings is 2. The van der Waals surface area contributed by atoms with E-state index in [0.717, 1.165) is 16.5 Å². The average Bonchev–Trinajstić information content (AvgIpc) is 2.42. The van der Waals surface area contributed by atoms with E-state index in [0.29, 0.717) is 10.2 Å². The number of rotatable bonds is 1. The smallest absolute Gasteiger partial charge is 0.418 e. The maximum Gasteiger partial charge on any atom is 0.418 e. The van der Waals surface area contributed by atoms with E-state index >= 15 is 0 Å². The number of fused-ring (bicyclic) bond motifs is 2. The predicted molar refractivity (Wildman–Crippen MR) is 112 cm³/mol. The van der Waals surface area contributed by atoms with Crippen LogP contribution in [0.2, 0.25) is 0 Å². The van der Waals surface area contributed by atoms with E-state index in [2.05, 4.69) is 4.98 Å². The van der Waals surface area contributed by atoms with Crippen molar-refractivity contribution < 1.29 is 37.1 Å². The third-order valence-electron chi connectivity index (χ3n) is 3.22. The third-order valence-corrected chi connectivity index (χ3v) is 4.31. The fourth-order valence-corrected chi connectivity index (χ4v) is 3.18. The van der Waals surface area contributed by atoms with E-state index in [9.17, 15) is 13.2 Å². The van der Waals surface area contributed by atoms with Gasteiger partial charge in [-0.05, 0) is 18.2 Å². The molecule has 2 aromatic carbocycles. The fraction of sp³-hybridized carbons (Fsp3) is 0.200. The number of hydrogen-bond donors (Lipinski definition) is 0. The van der Waals surface area contributed by atoms with Crippen LogP contribution in [-0.4, -0.2) is 19.1 Å². The molecular formula is C15H14F3I3N2S. The van der Waals surface area contributed by atoms with Crippen LogP contribution in [0.1, 0.15) is 5.56 Å². The van der Waals surface area contributed by atoms with E-state index in [1.165, 1.54) is 17.4 Å². The van der Waals surface area contributed by atoms with Gasteiger partial charge in [-0.1, -0.05) is 6.07 Å². The van der Waals surface area contributed by atoms with E-state index < -0.39 is 11.7 Å². The molecule has 3 aromatic rings. The molecule has 0 unspecified atom stereocenters.